The highest BCUT2D eigenvalue weighted by Crippen LogP contribution is 2.00. The maximum atomic E-state index is 9.09. The lowest BCUT2D eigenvalue weighted by Crippen LogP contribution is -2.13. The minimum Gasteiger partial charge on any atom is -0.508 e. The Balaban J connectivity index is 3.01. The first-order chi connectivity index (χ1) is 4.34. The minimum absolute atomic E-state index is 0.367. The highest BCUT2D eigenvalue weighted by Gasteiger charge is 1.93. The Morgan fingerprint density at radius 2 is 2.00 bits per heavy atom. The number of aromatic hydroxyl groups is 1. The van der Waals surface area contributed by atoms with Crippen molar-refractivity contribution in [2.24, 2.45) is 0 Å². The fraction of sp³-hybridized carbons (Fsp3) is 0. The van der Waals surface area contributed by atoms with Crippen LogP contribution in [0.2, 0.25) is 0 Å². The number of phenolic OH excluding ortho intramolecular Hbond substituents is 1. The number of para-hydroxylation sites is 1. The van der Waals surface area contributed by atoms with Gasteiger partial charge in [0.25, 0.3) is 0 Å². The largest absolute Gasteiger partial charge is 0.508 e. The molecule has 0 amide bonds. The van der Waals surface area contributed by atoms with Gasteiger partial charge in [-0.1, -0.05) is 18.2 Å². The van der Waals surface area contributed by atoms with E-state index in [1.54, 1.807) is 6.07 Å². The normalized spacial score (nSPS) is 9.44. The van der Waals surface area contributed by atoms with E-state index in [1.807, 2.05) is 18.2 Å². The van der Waals surface area contributed by atoms with Gasteiger partial charge in [0.2, 0.25) is 0 Å². The third-order valence-corrected chi connectivity index (χ3v) is 2.54. The van der Waals surface area contributed by atoms with E-state index in [1.165, 1.54) is 0 Å². The van der Waals surface area contributed by atoms with Gasteiger partial charge in [0.15, 0.2) is 0 Å². The van der Waals surface area contributed by atoms with Gasteiger partial charge in [0.05, 0.1) is 9.04 Å². The number of hydrogen-bond acceptors (Lipinski definition) is 1. The van der Waals surface area contributed by atoms with Crippen LogP contribution in [0.4, 0.5) is 0 Å². The molecule has 1 rings (SSSR count). The van der Waals surface area contributed by atoms with Crippen molar-refractivity contribution in [2.75, 3.05) is 0 Å². The van der Waals surface area contributed by atoms with Crippen molar-refractivity contribution in [3.8, 4) is 5.75 Å². The molecule has 0 heterocycles. The molecule has 1 N–H and O–H groups in total. The Morgan fingerprint density at radius 1 is 1.33 bits per heavy atom. The van der Waals surface area contributed by atoms with Crippen molar-refractivity contribution in [3.63, 3.8) is 0 Å². The lowest BCUT2D eigenvalue weighted by Gasteiger charge is -1.96. The molecule has 43 valence electrons. The molecule has 0 aromatic heterocycles. The molecular formula is C6H5OSi2. The SMILES string of the molecule is Oc1ccccc1[Si][Si]. The molecule has 1 aromatic carbocycles. The maximum Gasteiger partial charge on any atom is 0.113 e. The molecule has 0 atom stereocenters. The summed E-state index contributed by atoms with van der Waals surface area (Å²) in [6.45, 7) is 0. The summed E-state index contributed by atoms with van der Waals surface area (Å²) in [7, 11) is 3.81. The Bertz CT molecular complexity index is 200. The zero-order chi connectivity index (χ0) is 6.69. The average Bonchev–Trinajstić information content (AvgIpc) is 1.89. The van der Waals surface area contributed by atoms with E-state index in [0.29, 0.717) is 14.8 Å². The van der Waals surface area contributed by atoms with Crippen molar-refractivity contribution in [1.29, 1.82) is 0 Å². The highest BCUT2D eigenvalue weighted by molar-refractivity contribution is 6.98. The van der Waals surface area contributed by atoms with Crippen LogP contribution in [0.5, 0.6) is 5.75 Å². The Labute approximate surface area is 59.8 Å². The molecule has 0 aliphatic rings. The van der Waals surface area contributed by atoms with Gasteiger partial charge in [0, 0.05) is 9.76 Å². The van der Waals surface area contributed by atoms with Crippen molar-refractivity contribution < 1.29 is 5.11 Å². The smallest absolute Gasteiger partial charge is 0.113 e. The van der Waals surface area contributed by atoms with Crippen molar-refractivity contribution in [2.45, 2.75) is 0 Å². The monoisotopic (exact) mass is 149 g/mol. The first-order valence-corrected chi connectivity index (χ1v) is 5.05. The Kier molecular flexibility index (Phi) is 2.07. The quantitative estimate of drug-likeness (QED) is 0.549. The lowest BCUT2D eigenvalue weighted by molar-refractivity contribution is 0.479. The summed E-state index contributed by atoms with van der Waals surface area (Å²) >= 11 is 0. The van der Waals surface area contributed by atoms with Crippen LogP contribution in [0.3, 0.4) is 0 Å². The lowest BCUT2D eigenvalue weighted by atomic mass is 10.3. The molecule has 0 bridgehead atoms. The third kappa shape index (κ3) is 1.43. The molecule has 0 aliphatic heterocycles. The molecule has 0 saturated carbocycles. The van der Waals surface area contributed by atoms with Crippen LogP contribution in [0.25, 0.3) is 0 Å². The van der Waals surface area contributed by atoms with Crippen molar-refractivity contribution in [1.82, 2.24) is 0 Å². The topological polar surface area (TPSA) is 20.2 Å². The zero-order valence-electron chi connectivity index (χ0n) is 4.76. The first kappa shape index (κ1) is 6.57. The Morgan fingerprint density at radius 3 is 2.44 bits per heavy atom. The summed E-state index contributed by atoms with van der Waals surface area (Å²) in [5, 5.41) is 10.0. The molecule has 5 radical (unpaired) electrons. The van der Waals surface area contributed by atoms with Crippen LogP contribution in [-0.4, -0.2) is 23.9 Å². The first-order valence-electron chi connectivity index (χ1n) is 2.55. The van der Waals surface area contributed by atoms with Gasteiger partial charge in [-0.2, -0.15) is 0 Å². The molecule has 0 spiro atoms. The number of hydrogen-bond donors (Lipinski definition) is 1. The van der Waals surface area contributed by atoms with Gasteiger partial charge in [-0.25, -0.2) is 0 Å². The van der Waals surface area contributed by atoms with Gasteiger partial charge in [-0.15, -0.1) is 0 Å². The number of benzene rings is 1. The summed E-state index contributed by atoms with van der Waals surface area (Å²) < 4.78 is 0. The number of phenols is 1. The van der Waals surface area contributed by atoms with Gasteiger partial charge < -0.3 is 5.11 Å². The van der Waals surface area contributed by atoms with Crippen LogP contribution < -0.4 is 5.19 Å². The molecular weight excluding hydrogens is 144 g/mol. The van der Waals surface area contributed by atoms with E-state index < -0.39 is 0 Å². The second-order valence-electron chi connectivity index (χ2n) is 1.64. The molecule has 9 heavy (non-hydrogen) atoms. The van der Waals surface area contributed by atoms with Gasteiger partial charge >= 0.3 is 0 Å². The van der Waals surface area contributed by atoms with Crippen molar-refractivity contribution in [3.05, 3.63) is 24.3 Å². The zero-order valence-corrected chi connectivity index (χ0v) is 6.76. The predicted molar refractivity (Wildman–Crippen MR) is 39.2 cm³/mol. The molecule has 1 nitrogen and oxygen atoms in total. The molecule has 0 fully saturated rings. The molecule has 0 aliphatic carbocycles. The van der Waals surface area contributed by atoms with Crippen LogP contribution >= 0.6 is 0 Å². The van der Waals surface area contributed by atoms with Crippen LogP contribution in [0.15, 0.2) is 24.3 Å². The van der Waals surface area contributed by atoms with Gasteiger partial charge in [0.1, 0.15) is 5.75 Å². The van der Waals surface area contributed by atoms with E-state index in [4.69, 9.17) is 5.11 Å². The molecule has 3 heteroatoms. The van der Waals surface area contributed by atoms with E-state index in [0.717, 1.165) is 5.19 Å². The summed E-state index contributed by atoms with van der Waals surface area (Å²) in [6.07, 6.45) is 0. The Hall–Kier alpha value is -0.546. The van der Waals surface area contributed by atoms with E-state index >= 15 is 0 Å². The summed E-state index contributed by atoms with van der Waals surface area (Å²) in [4.78, 5) is 0. The predicted octanol–water partition coefficient (Wildman–Crippen LogP) is -0.195. The number of rotatable bonds is 1. The molecule has 1 aromatic rings. The standard InChI is InChI=1S/C6H5OSi2/c7-5-3-1-2-4-6(5)9-8/h1-4,7H. The highest BCUT2D eigenvalue weighted by atomic mass is 29.1. The van der Waals surface area contributed by atoms with E-state index in [2.05, 4.69) is 9.76 Å². The average molecular weight is 149 g/mol. The van der Waals surface area contributed by atoms with Crippen LogP contribution in [-0.2, 0) is 0 Å². The van der Waals surface area contributed by atoms with Crippen LogP contribution in [0, 0.1) is 0 Å². The fourth-order valence-corrected chi connectivity index (χ4v) is 1.60. The summed E-state index contributed by atoms with van der Waals surface area (Å²) in [6, 6.07) is 7.29. The minimum atomic E-state index is 0.367. The second kappa shape index (κ2) is 2.84. The summed E-state index contributed by atoms with van der Waals surface area (Å²) in [5.74, 6) is 0.367. The van der Waals surface area contributed by atoms with E-state index in [-0.39, 0.29) is 0 Å². The molecule has 0 unspecified atom stereocenters. The second-order valence-corrected chi connectivity index (χ2v) is 3.18. The summed E-state index contributed by atoms with van der Waals surface area (Å²) in [5.41, 5.74) is 0. The molecule has 0 saturated heterocycles. The van der Waals surface area contributed by atoms with Gasteiger partial charge in [-0.05, 0) is 11.3 Å². The van der Waals surface area contributed by atoms with E-state index in [9.17, 15) is 0 Å². The van der Waals surface area contributed by atoms with Gasteiger partial charge in [-0.3, -0.25) is 0 Å². The van der Waals surface area contributed by atoms with Crippen molar-refractivity contribution >= 4 is 24.0 Å². The fourth-order valence-electron chi connectivity index (χ4n) is 0.579. The van der Waals surface area contributed by atoms with Crippen LogP contribution in [0.1, 0.15) is 0 Å². The maximum absolute atomic E-state index is 9.09. The third-order valence-electron chi connectivity index (χ3n) is 1.04.